The fourth-order valence-electron chi connectivity index (χ4n) is 3.73. The number of benzene rings is 2. The number of amides is 2. The van der Waals surface area contributed by atoms with Crippen LogP contribution in [0.4, 0.5) is 16.2 Å². The third kappa shape index (κ3) is 5.11. The van der Waals surface area contributed by atoms with Crippen molar-refractivity contribution in [1.29, 1.82) is 0 Å². The summed E-state index contributed by atoms with van der Waals surface area (Å²) in [4.78, 5) is 16.6. The van der Waals surface area contributed by atoms with Gasteiger partial charge in [0.15, 0.2) is 0 Å². The molecule has 3 N–H and O–H groups in total. The molecule has 0 unspecified atom stereocenters. The van der Waals surface area contributed by atoms with Crippen molar-refractivity contribution >= 4 is 51.5 Å². The zero-order valence-electron chi connectivity index (χ0n) is 15.8. The Morgan fingerprint density at radius 3 is 2.34 bits per heavy atom. The first kappa shape index (κ1) is 19.8. The lowest BCUT2D eigenvalue weighted by Crippen LogP contribution is -2.42. The summed E-state index contributed by atoms with van der Waals surface area (Å²) in [5, 5.41) is 12.0. The van der Waals surface area contributed by atoms with Crippen LogP contribution in [-0.2, 0) is 0 Å². The number of nitrogens with one attached hydrogen (secondary N) is 3. The van der Waals surface area contributed by atoms with E-state index in [1.165, 1.54) is 0 Å². The molecule has 0 radical (unpaired) electrons. The SMILES string of the molecule is O=C(Nc1ccc(Cl)cc1)N[C@H]1CC[C@@H](Nc2ccnc3cc(Cl)ccc23)CC1. The molecule has 7 heteroatoms. The molecule has 5 nitrogen and oxygen atoms in total. The van der Waals surface area contributed by atoms with Gasteiger partial charge in [-0.05, 0) is 74.2 Å². The Kier molecular flexibility index (Phi) is 6.07. The summed E-state index contributed by atoms with van der Waals surface area (Å²) in [5.74, 6) is 0. The Labute approximate surface area is 179 Å². The number of aromatic nitrogens is 1. The molecule has 3 aromatic rings. The van der Waals surface area contributed by atoms with E-state index in [1.54, 1.807) is 30.5 Å². The second kappa shape index (κ2) is 8.89. The van der Waals surface area contributed by atoms with Crippen LogP contribution >= 0.6 is 23.2 Å². The van der Waals surface area contributed by atoms with E-state index in [2.05, 4.69) is 20.9 Å². The van der Waals surface area contributed by atoms with Crippen molar-refractivity contribution in [3.8, 4) is 0 Å². The molecule has 2 aromatic carbocycles. The lowest BCUT2D eigenvalue weighted by atomic mass is 9.91. The molecule has 0 spiro atoms. The lowest BCUT2D eigenvalue weighted by molar-refractivity contribution is 0.243. The van der Waals surface area contributed by atoms with Gasteiger partial charge in [-0.25, -0.2) is 4.79 Å². The van der Waals surface area contributed by atoms with E-state index < -0.39 is 0 Å². The van der Waals surface area contributed by atoms with E-state index in [4.69, 9.17) is 23.2 Å². The average molecular weight is 429 g/mol. The monoisotopic (exact) mass is 428 g/mol. The summed E-state index contributed by atoms with van der Waals surface area (Å²) < 4.78 is 0. The second-order valence-electron chi connectivity index (χ2n) is 7.32. The van der Waals surface area contributed by atoms with Crippen molar-refractivity contribution < 1.29 is 4.79 Å². The minimum atomic E-state index is -0.180. The highest BCUT2D eigenvalue weighted by molar-refractivity contribution is 6.31. The minimum absolute atomic E-state index is 0.174. The maximum atomic E-state index is 12.2. The third-order valence-corrected chi connectivity index (χ3v) is 5.72. The molecule has 1 heterocycles. The fraction of sp³-hybridized carbons (Fsp3) is 0.273. The van der Waals surface area contributed by atoms with Crippen LogP contribution in [0.1, 0.15) is 25.7 Å². The number of carbonyl (C=O) groups excluding carboxylic acids is 1. The van der Waals surface area contributed by atoms with Crippen LogP contribution < -0.4 is 16.0 Å². The number of fused-ring (bicyclic) bond motifs is 1. The molecule has 0 atom stereocenters. The van der Waals surface area contributed by atoms with Crippen LogP contribution in [0.3, 0.4) is 0 Å². The van der Waals surface area contributed by atoms with Crippen LogP contribution in [0.15, 0.2) is 54.7 Å². The van der Waals surface area contributed by atoms with Gasteiger partial charge in [0.2, 0.25) is 0 Å². The lowest BCUT2D eigenvalue weighted by Gasteiger charge is -2.30. The first-order chi connectivity index (χ1) is 14.1. The normalized spacial score (nSPS) is 19.0. The van der Waals surface area contributed by atoms with Crippen LogP contribution in [0.5, 0.6) is 0 Å². The molecule has 1 aromatic heterocycles. The summed E-state index contributed by atoms with van der Waals surface area (Å²) in [5.41, 5.74) is 2.69. The quantitative estimate of drug-likeness (QED) is 0.471. The highest BCUT2D eigenvalue weighted by Crippen LogP contribution is 2.28. The van der Waals surface area contributed by atoms with Crippen molar-refractivity contribution in [3.05, 3.63) is 64.8 Å². The first-order valence-corrected chi connectivity index (χ1v) is 10.5. The van der Waals surface area contributed by atoms with E-state index in [9.17, 15) is 4.79 Å². The number of hydrogen-bond donors (Lipinski definition) is 3. The molecule has 150 valence electrons. The molecule has 29 heavy (non-hydrogen) atoms. The van der Waals surface area contributed by atoms with Crippen molar-refractivity contribution in [2.45, 2.75) is 37.8 Å². The number of pyridine rings is 1. The summed E-state index contributed by atoms with van der Waals surface area (Å²) in [7, 11) is 0. The number of carbonyl (C=O) groups is 1. The highest BCUT2D eigenvalue weighted by atomic mass is 35.5. The molecule has 4 rings (SSSR count). The smallest absolute Gasteiger partial charge is 0.319 e. The van der Waals surface area contributed by atoms with E-state index in [0.29, 0.717) is 16.1 Å². The van der Waals surface area contributed by atoms with Crippen LogP contribution in [0.2, 0.25) is 10.0 Å². The predicted octanol–water partition coefficient (Wildman–Crippen LogP) is 6.09. The van der Waals surface area contributed by atoms with Crippen molar-refractivity contribution in [2.24, 2.45) is 0 Å². The van der Waals surface area contributed by atoms with E-state index in [-0.39, 0.29) is 12.1 Å². The van der Waals surface area contributed by atoms with Crippen molar-refractivity contribution in [2.75, 3.05) is 10.6 Å². The van der Waals surface area contributed by atoms with Crippen molar-refractivity contribution in [3.63, 3.8) is 0 Å². The van der Waals surface area contributed by atoms with Gasteiger partial charge in [-0.2, -0.15) is 0 Å². The van der Waals surface area contributed by atoms with Gasteiger partial charge < -0.3 is 16.0 Å². The predicted molar refractivity (Wildman–Crippen MR) is 120 cm³/mol. The number of nitrogens with zero attached hydrogens (tertiary/aromatic N) is 1. The molecule has 2 amide bonds. The molecular formula is C22H22Cl2N4O. The van der Waals surface area contributed by atoms with Gasteiger partial charge >= 0.3 is 6.03 Å². The largest absolute Gasteiger partial charge is 0.382 e. The zero-order valence-corrected chi connectivity index (χ0v) is 17.3. The van der Waals surface area contributed by atoms with Gasteiger partial charge in [0, 0.05) is 45.1 Å². The second-order valence-corrected chi connectivity index (χ2v) is 8.19. The molecule has 0 aliphatic heterocycles. The third-order valence-electron chi connectivity index (χ3n) is 5.23. The van der Waals surface area contributed by atoms with E-state index in [1.807, 2.05) is 24.3 Å². The Hall–Kier alpha value is -2.50. The summed E-state index contributed by atoms with van der Waals surface area (Å²) in [6.07, 6.45) is 5.64. The number of halogens is 2. The molecule has 1 saturated carbocycles. The van der Waals surface area contributed by atoms with Gasteiger partial charge in [-0.3, -0.25) is 4.98 Å². The first-order valence-electron chi connectivity index (χ1n) is 9.71. The minimum Gasteiger partial charge on any atom is -0.382 e. The fourth-order valence-corrected chi connectivity index (χ4v) is 4.03. The Balaban J connectivity index is 1.29. The van der Waals surface area contributed by atoms with Crippen LogP contribution in [0, 0.1) is 0 Å². The number of urea groups is 1. The molecule has 1 fully saturated rings. The van der Waals surface area contributed by atoms with E-state index >= 15 is 0 Å². The van der Waals surface area contributed by atoms with Gasteiger partial charge in [0.05, 0.1) is 5.52 Å². The molecular weight excluding hydrogens is 407 g/mol. The summed E-state index contributed by atoms with van der Waals surface area (Å²) in [6.45, 7) is 0. The Bertz CT molecular complexity index is 1000. The van der Waals surface area contributed by atoms with Gasteiger partial charge in [-0.15, -0.1) is 0 Å². The molecule has 1 aliphatic carbocycles. The van der Waals surface area contributed by atoms with Crippen molar-refractivity contribution in [1.82, 2.24) is 10.3 Å². The Morgan fingerprint density at radius 1 is 0.897 bits per heavy atom. The molecule has 0 bridgehead atoms. The number of hydrogen-bond acceptors (Lipinski definition) is 3. The van der Waals surface area contributed by atoms with Crippen LogP contribution in [0.25, 0.3) is 10.9 Å². The summed E-state index contributed by atoms with van der Waals surface area (Å²) >= 11 is 11.9. The van der Waals surface area contributed by atoms with Gasteiger partial charge in [0.25, 0.3) is 0 Å². The standard InChI is InChI=1S/C22H22Cl2N4O/c23-14-1-4-17(5-2-14)27-22(29)28-18-8-6-16(7-9-18)26-20-11-12-25-21-13-15(24)3-10-19(20)21/h1-5,10-13,16,18H,6-9H2,(H,25,26)(H2,27,28,29)/t16-,18+. The molecule has 1 aliphatic rings. The topological polar surface area (TPSA) is 66.1 Å². The zero-order chi connectivity index (χ0) is 20.2. The Morgan fingerprint density at radius 2 is 1.59 bits per heavy atom. The maximum absolute atomic E-state index is 12.2. The highest BCUT2D eigenvalue weighted by Gasteiger charge is 2.23. The van der Waals surface area contributed by atoms with Crippen LogP contribution in [-0.4, -0.2) is 23.1 Å². The average Bonchev–Trinajstić information content (AvgIpc) is 2.71. The number of rotatable bonds is 4. The maximum Gasteiger partial charge on any atom is 0.319 e. The van der Waals surface area contributed by atoms with Gasteiger partial charge in [-0.1, -0.05) is 23.2 Å². The molecule has 0 saturated heterocycles. The summed E-state index contributed by atoms with van der Waals surface area (Å²) in [6, 6.07) is 15.2. The van der Waals surface area contributed by atoms with E-state index in [0.717, 1.165) is 48.0 Å². The van der Waals surface area contributed by atoms with Gasteiger partial charge in [0.1, 0.15) is 0 Å². The number of anilines is 2.